The SMILES string of the molecule is CCc1cc(COC(=O)c2ccc(OC)c(N)c2)n(C)n1. The number of nitrogens with two attached hydrogens (primary N) is 1. The second-order valence-corrected chi connectivity index (χ2v) is 4.64. The number of hydrogen-bond acceptors (Lipinski definition) is 5. The molecule has 0 spiro atoms. The second kappa shape index (κ2) is 6.30. The highest BCUT2D eigenvalue weighted by Gasteiger charge is 2.12. The maximum atomic E-state index is 12.0. The Labute approximate surface area is 123 Å². The van der Waals surface area contributed by atoms with Gasteiger partial charge in [0.25, 0.3) is 0 Å². The predicted octanol–water partition coefficient (Wildman–Crippen LogP) is 1.93. The van der Waals surface area contributed by atoms with Crippen LogP contribution in [0.15, 0.2) is 24.3 Å². The number of aryl methyl sites for hydroxylation is 2. The molecule has 112 valence electrons. The number of carbonyl (C=O) groups is 1. The van der Waals surface area contributed by atoms with Gasteiger partial charge in [0.1, 0.15) is 12.4 Å². The number of esters is 1. The number of nitrogens with zero attached hydrogens (tertiary/aromatic N) is 2. The van der Waals surface area contributed by atoms with Crippen molar-refractivity contribution in [2.75, 3.05) is 12.8 Å². The first-order chi connectivity index (χ1) is 10.0. The van der Waals surface area contributed by atoms with E-state index in [1.54, 1.807) is 22.9 Å². The zero-order valence-corrected chi connectivity index (χ0v) is 12.4. The molecule has 0 saturated carbocycles. The van der Waals surface area contributed by atoms with Crippen molar-refractivity contribution in [3.05, 3.63) is 41.2 Å². The lowest BCUT2D eigenvalue weighted by atomic mass is 10.2. The van der Waals surface area contributed by atoms with Crippen LogP contribution < -0.4 is 10.5 Å². The summed E-state index contributed by atoms with van der Waals surface area (Å²) in [4.78, 5) is 12.0. The first kappa shape index (κ1) is 14.9. The summed E-state index contributed by atoms with van der Waals surface area (Å²) in [5, 5.41) is 4.31. The van der Waals surface area contributed by atoms with Gasteiger partial charge in [0.2, 0.25) is 0 Å². The van der Waals surface area contributed by atoms with Crippen molar-refractivity contribution in [2.24, 2.45) is 7.05 Å². The average Bonchev–Trinajstić information content (AvgIpc) is 2.85. The molecule has 0 aliphatic rings. The molecule has 0 amide bonds. The van der Waals surface area contributed by atoms with Crippen LogP contribution in [-0.2, 0) is 24.8 Å². The maximum Gasteiger partial charge on any atom is 0.338 e. The van der Waals surface area contributed by atoms with Crippen molar-refractivity contribution in [1.82, 2.24) is 9.78 Å². The Morgan fingerprint density at radius 3 is 2.71 bits per heavy atom. The normalized spacial score (nSPS) is 10.4. The van der Waals surface area contributed by atoms with Crippen LogP contribution >= 0.6 is 0 Å². The average molecular weight is 289 g/mol. The number of hydrogen-bond donors (Lipinski definition) is 1. The Morgan fingerprint density at radius 1 is 1.38 bits per heavy atom. The van der Waals surface area contributed by atoms with Gasteiger partial charge in [0, 0.05) is 7.05 Å². The van der Waals surface area contributed by atoms with E-state index < -0.39 is 5.97 Å². The highest BCUT2D eigenvalue weighted by Crippen LogP contribution is 2.22. The Hall–Kier alpha value is -2.50. The zero-order valence-electron chi connectivity index (χ0n) is 12.4. The fourth-order valence-corrected chi connectivity index (χ4v) is 1.96. The molecule has 2 N–H and O–H groups in total. The van der Waals surface area contributed by atoms with Gasteiger partial charge < -0.3 is 15.2 Å². The largest absolute Gasteiger partial charge is 0.495 e. The molecule has 21 heavy (non-hydrogen) atoms. The summed E-state index contributed by atoms with van der Waals surface area (Å²) >= 11 is 0. The van der Waals surface area contributed by atoms with Crippen molar-refractivity contribution >= 4 is 11.7 Å². The Balaban J connectivity index is 2.04. The number of aromatic nitrogens is 2. The highest BCUT2D eigenvalue weighted by atomic mass is 16.5. The molecule has 1 heterocycles. The van der Waals surface area contributed by atoms with Crippen molar-refractivity contribution in [1.29, 1.82) is 0 Å². The summed E-state index contributed by atoms with van der Waals surface area (Å²) in [5.41, 5.74) is 8.39. The molecule has 0 atom stereocenters. The van der Waals surface area contributed by atoms with Crippen LogP contribution in [0.5, 0.6) is 5.75 Å². The smallest absolute Gasteiger partial charge is 0.338 e. The van der Waals surface area contributed by atoms with Gasteiger partial charge in [-0.15, -0.1) is 0 Å². The molecule has 2 rings (SSSR count). The molecular weight excluding hydrogens is 270 g/mol. The van der Waals surface area contributed by atoms with Gasteiger partial charge in [-0.25, -0.2) is 4.79 Å². The molecule has 0 saturated heterocycles. The minimum absolute atomic E-state index is 0.175. The second-order valence-electron chi connectivity index (χ2n) is 4.64. The third kappa shape index (κ3) is 3.34. The number of rotatable bonds is 5. The van der Waals surface area contributed by atoms with Crippen molar-refractivity contribution in [2.45, 2.75) is 20.0 Å². The summed E-state index contributed by atoms with van der Waals surface area (Å²) in [6.45, 7) is 2.20. The van der Waals surface area contributed by atoms with Gasteiger partial charge in [0.15, 0.2) is 0 Å². The van der Waals surface area contributed by atoms with Crippen LogP contribution in [-0.4, -0.2) is 22.9 Å². The molecule has 0 unspecified atom stereocenters. The quantitative estimate of drug-likeness (QED) is 0.672. The van der Waals surface area contributed by atoms with Gasteiger partial charge in [-0.3, -0.25) is 4.68 Å². The van der Waals surface area contributed by atoms with Crippen LogP contribution in [0.2, 0.25) is 0 Å². The zero-order chi connectivity index (χ0) is 15.4. The van der Waals surface area contributed by atoms with Crippen LogP contribution in [0.4, 0.5) is 5.69 Å². The first-order valence-corrected chi connectivity index (χ1v) is 6.67. The monoisotopic (exact) mass is 289 g/mol. The van der Waals surface area contributed by atoms with Crippen LogP contribution in [0.1, 0.15) is 28.7 Å². The third-order valence-corrected chi connectivity index (χ3v) is 3.21. The third-order valence-electron chi connectivity index (χ3n) is 3.21. The lowest BCUT2D eigenvalue weighted by Crippen LogP contribution is -2.08. The molecule has 1 aromatic carbocycles. The van der Waals surface area contributed by atoms with Crippen molar-refractivity contribution < 1.29 is 14.3 Å². The molecular formula is C15H19N3O3. The van der Waals surface area contributed by atoms with E-state index in [0.717, 1.165) is 17.8 Å². The number of ether oxygens (including phenoxy) is 2. The van der Waals surface area contributed by atoms with Crippen LogP contribution in [0.25, 0.3) is 0 Å². The molecule has 0 radical (unpaired) electrons. The molecule has 0 bridgehead atoms. The van der Waals surface area contributed by atoms with Crippen LogP contribution in [0.3, 0.4) is 0 Å². The van der Waals surface area contributed by atoms with E-state index in [0.29, 0.717) is 17.0 Å². The predicted molar refractivity (Wildman–Crippen MR) is 79.1 cm³/mol. The summed E-state index contributed by atoms with van der Waals surface area (Å²) in [7, 11) is 3.35. The van der Waals surface area contributed by atoms with E-state index in [4.69, 9.17) is 15.2 Å². The van der Waals surface area contributed by atoms with E-state index in [9.17, 15) is 4.79 Å². The Bertz CT molecular complexity index is 650. The molecule has 1 aromatic heterocycles. The molecule has 0 aliphatic carbocycles. The van der Waals surface area contributed by atoms with E-state index in [2.05, 4.69) is 5.10 Å². The lowest BCUT2D eigenvalue weighted by molar-refractivity contribution is 0.0463. The van der Waals surface area contributed by atoms with Crippen molar-refractivity contribution in [3.63, 3.8) is 0 Å². The van der Waals surface area contributed by atoms with E-state index in [-0.39, 0.29) is 6.61 Å². The summed E-state index contributed by atoms with van der Waals surface area (Å²) < 4.78 is 12.1. The van der Waals surface area contributed by atoms with Crippen molar-refractivity contribution in [3.8, 4) is 5.75 Å². The number of nitrogen functional groups attached to an aromatic ring is 1. The Kier molecular flexibility index (Phi) is 4.47. The summed E-state index contributed by atoms with van der Waals surface area (Å²) in [6.07, 6.45) is 0.844. The van der Waals surface area contributed by atoms with E-state index in [1.807, 2.05) is 20.0 Å². The molecule has 2 aromatic rings. The number of methoxy groups -OCH3 is 1. The van der Waals surface area contributed by atoms with E-state index in [1.165, 1.54) is 7.11 Å². The van der Waals surface area contributed by atoms with Gasteiger partial charge >= 0.3 is 5.97 Å². The number of carbonyl (C=O) groups excluding carboxylic acids is 1. The van der Waals surface area contributed by atoms with Gasteiger partial charge in [0.05, 0.1) is 29.7 Å². The maximum absolute atomic E-state index is 12.0. The molecule has 0 aliphatic heterocycles. The molecule has 0 fully saturated rings. The number of benzene rings is 1. The highest BCUT2D eigenvalue weighted by molar-refractivity contribution is 5.91. The van der Waals surface area contributed by atoms with Crippen LogP contribution in [0, 0.1) is 0 Å². The minimum atomic E-state index is -0.427. The summed E-state index contributed by atoms with van der Waals surface area (Å²) in [5.74, 6) is 0.106. The van der Waals surface area contributed by atoms with Gasteiger partial charge in [-0.1, -0.05) is 6.92 Å². The fraction of sp³-hybridized carbons (Fsp3) is 0.333. The topological polar surface area (TPSA) is 79.4 Å². The van der Waals surface area contributed by atoms with Gasteiger partial charge in [-0.05, 0) is 30.7 Å². The molecule has 6 heteroatoms. The van der Waals surface area contributed by atoms with Gasteiger partial charge in [-0.2, -0.15) is 5.10 Å². The standard InChI is InChI=1S/C15H19N3O3/c1-4-11-8-12(18(2)17-11)9-21-15(19)10-5-6-14(20-3)13(16)7-10/h5-8H,4,9,16H2,1-3H3. The Morgan fingerprint density at radius 2 is 2.14 bits per heavy atom. The lowest BCUT2D eigenvalue weighted by Gasteiger charge is -2.08. The summed E-state index contributed by atoms with van der Waals surface area (Å²) in [6, 6.07) is 6.74. The fourth-order valence-electron chi connectivity index (χ4n) is 1.96. The van der Waals surface area contributed by atoms with E-state index >= 15 is 0 Å². The number of anilines is 1. The minimum Gasteiger partial charge on any atom is -0.495 e. The first-order valence-electron chi connectivity index (χ1n) is 6.67. The molecule has 6 nitrogen and oxygen atoms in total.